The Bertz CT molecular complexity index is 1030. The van der Waals surface area contributed by atoms with Crippen LogP contribution < -0.4 is 4.74 Å². The Morgan fingerprint density at radius 1 is 1.07 bits per heavy atom. The number of hydrogen-bond acceptors (Lipinski definition) is 7. The molecule has 0 bridgehead atoms. The molecule has 0 amide bonds. The van der Waals surface area contributed by atoms with Crippen LogP contribution in [0, 0.1) is 21.4 Å². The minimum absolute atomic E-state index is 0.0238. The molecule has 0 spiro atoms. The molecule has 29 heavy (non-hydrogen) atoms. The van der Waals surface area contributed by atoms with Gasteiger partial charge in [0.15, 0.2) is 5.75 Å². The first-order chi connectivity index (χ1) is 13.9. The van der Waals surface area contributed by atoms with Gasteiger partial charge in [-0.25, -0.2) is 8.42 Å². The van der Waals surface area contributed by atoms with Crippen molar-refractivity contribution in [2.75, 3.05) is 39.3 Å². The number of nitriles is 1. The third-order valence-electron chi connectivity index (χ3n) is 4.68. The SMILES string of the molecule is N#Cc1ccccc1S(=O)(=O)N1CCN(CCOc2ccccc2[N+](=O)[O-])CC1. The van der Waals surface area contributed by atoms with Gasteiger partial charge in [0.2, 0.25) is 10.0 Å². The Balaban J connectivity index is 1.55. The van der Waals surface area contributed by atoms with Gasteiger partial charge >= 0.3 is 5.69 Å². The van der Waals surface area contributed by atoms with Crippen molar-refractivity contribution in [1.82, 2.24) is 9.21 Å². The van der Waals surface area contributed by atoms with Crippen molar-refractivity contribution in [3.05, 3.63) is 64.2 Å². The number of hydrogen-bond donors (Lipinski definition) is 0. The summed E-state index contributed by atoms with van der Waals surface area (Å²) in [6.07, 6.45) is 0. The normalized spacial score (nSPS) is 15.6. The number of sulfonamides is 1. The molecule has 0 N–H and O–H groups in total. The topological polar surface area (TPSA) is 117 Å². The molecule has 1 aliphatic heterocycles. The van der Waals surface area contributed by atoms with Crippen molar-refractivity contribution in [1.29, 1.82) is 5.26 Å². The van der Waals surface area contributed by atoms with Gasteiger partial charge in [0.05, 0.1) is 15.4 Å². The minimum atomic E-state index is -3.73. The Labute approximate surface area is 168 Å². The van der Waals surface area contributed by atoms with Crippen LogP contribution >= 0.6 is 0 Å². The number of benzene rings is 2. The summed E-state index contributed by atoms with van der Waals surface area (Å²) >= 11 is 0. The summed E-state index contributed by atoms with van der Waals surface area (Å²) in [6, 6.07) is 14.3. The molecule has 0 atom stereocenters. The lowest BCUT2D eigenvalue weighted by atomic mass is 10.2. The number of rotatable bonds is 7. The second-order valence-electron chi connectivity index (χ2n) is 6.43. The van der Waals surface area contributed by atoms with Crippen molar-refractivity contribution < 1.29 is 18.1 Å². The van der Waals surface area contributed by atoms with Crippen molar-refractivity contribution in [3.63, 3.8) is 0 Å². The Morgan fingerprint density at radius 3 is 2.41 bits per heavy atom. The fourth-order valence-electron chi connectivity index (χ4n) is 3.13. The summed E-state index contributed by atoms with van der Waals surface area (Å²) in [7, 11) is -3.73. The summed E-state index contributed by atoms with van der Waals surface area (Å²) in [5.74, 6) is 0.215. The molecular weight excluding hydrogens is 396 g/mol. The zero-order chi connectivity index (χ0) is 20.9. The zero-order valence-corrected chi connectivity index (χ0v) is 16.4. The van der Waals surface area contributed by atoms with Crippen LogP contribution in [0.15, 0.2) is 53.4 Å². The van der Waals surface area contributed by atoms with Gasteiger partial charge in [0.1, 0.15) is 12.7 Å². The molecule has 152 valence electrons. The molecule has 0 unspecified atom stereocenters. The van der Waals surface area contributed by atoms with Gasteiger partial charge in [-0.05, 0) is 18.2 Å². The van der Waals surface area contributed by atoms with Crippen LogP contribution in [0.2, 0.25) is 0 Å². The van der Waals surface area contributed by atoms with Crippen LogP contribution in [0.1, 0.15) is 5.56 Å². The van der Waals surface area contributed by atoms with Crippen molar-refractivity contribution >= 4 is 15.7 Å². The molecule has 1 saturated heterocycles. The monoisotopic (exact) mass is 416 g/mol. The average molecular weight is 416 g/mol. The molecule has 2 aromatic carbocycles. The van der Waals surface area contributed by atoms with Gasteiger partial charge in [-0.1, -0.05) is 24.3 Å². The van der Waals surface area contributed by atoms with Crippen LogP contribution in [0.4, 0.5) is 5.69 Å². The Kier molecular flexibility index (Phi) is 6.43. The quantitative estimate of drug-likeness (QED) is 0.499. The lowest BCUT2D eigenvalue weighted by molar-refractivity contribution is -0.385. The minimum Gasteiger partial charge on any atom is -0.485 e. The number of para-hydroxylation sites is 2. The standard InChI is InChI=1S/C19H20N4O5S/c20-15-16-5-1-4-8-19(16)29(26,27)22-11-9-21(10-12-22)13-14-28-18-7-3-2-6-17(18)23(24)25/h1-8H,9-14H2. The molecule has 0 radical (unpaired) electrons. The molecule has 0 aromatic heterocycles. The summed E-state index contributed by atoms with van der Waals surface area (Å²) in [5.41, 5.74) is 0.0485. The van der Waals surface area contributed by atoms with E-state index in [4.69, 9.17) is 10.00 Å². The molecule has 2 aromatic rings. The highest BCUT2D eigenvalue weighted by Gasteiger charge is 2.30. The van der Waals surface area contributed by atoms with Crippen molar-refractivity contribution in [3.8, 4) is 11.8 Å². The first-order valence-corrected chi connectivity index (χ1v) is 10.5. The number of nitro benzene ring substituents is 1. The molecular formula is C19H20N4O5S. The third kappa shape index (κ3) is 4.71. The maximum absolute atomic E-state index is 12.8. The second kappa shape index (κ2) is 9.00. The predicted molar refractivity (Wildman–Crippen MR) is 105 cm³/mol. The largest absolute Gasteiger partial charge is 0.485 e. The molecule has 0 aliphatic carbocycles. The van der Waals surface area contributed by atoms with E-state index in [1.165, 1.54) is 22.5 Å². The Morgan fingerprint density at radius 2 is 1.72 bits per heavy atom. The van der Waals surface area contributed by atoms with E-state index in [-0.39, 0.29) is 28.5 Å². The van der Waals surface area contributed by atoms with Crippen LogP contribution in [0.3, 0.4) is 0 Å². The van der Waals surface area contributed by atoms with Crippen molar-refractivity contribution in [2.45, 2.75) is 4.90 Å². The number of ether oxygens (including phenoxy) is 1. The Hall–Kier alpha value is -3.00. The van der Waals surface area contributed by atoms with E-state index in [2.05, 4.69) is 0 Å². The van der Waals surface area contributed by atoms with Crippen LogP contribution in [-0.2, 0) is 10.0 Å². The van der Waals surface area contributed by atoms with Crippen LogP contribution in [0.25, 0.3) is 0 Å². The molecule has 1 heterocycles. The summed E-state index contributed by atoms with van der Waals surface area (Å²) in [4.78, 5) is 12.6. The fourth-order valence-corrected chi connectivity index (χ4v) is 4.70. The smallest absolute Gasteiger partial charge is 0.310 e. The van der Waals surface area contributed by atoms with E-state index in [1.807, 2.05) is 11.0 Å². The van der Waals surface area contributed by atoms with Gasteiger partial charge in [-0.2, -0.15) is 9.57 Å². The zero-order valence-electron chi connectivity index (χ0n) is 15.6. The van der Waals surface area contributed by atoms with Gasteiger partial charge in [0, 0.05) is 38.8 Å². The number of nitro groups is 1. The fraction of sp³-hybridized carbons (Fsp3) is 0.316. The molecule has 3 rings (SSSR count). The molecule has 1 fully saturated rings. The third-order valence-corrected chi connectivity index (χ3v) is 6.64. The molecule has 0 saturated carbocycles. The lowest BCUT2D eigenvalue weighted by Crippen LogP contribution is -2.49. The molecule has 1 aliphatic rings. The van der Waals surface area contributed by atoms with E-state index in [0.29, 0.717) is 32.7 Å². The lowest BCUT2D eigenvalue weighted by Gasteiger charge is -2.33. The maximum atomic E-state index is 12.8. The van der Waals surface area contributed by atoms with Gasteiger partial charge < -0.3 is 4.74 Å². The van der Waals surface area contributed by atoms with E-state index in [1.54, 1.807) is 30.3 Å². The van der Waals surface area contributed by atoms with Crippen molar-refractivity contribution in [2.24, 2.45) is 0 Å². The number of piperazine rings is 1. The van der Waals surface area contributed by atoms with E-state index >= 15 is 0 Å². The summed E-state index contributed by atoms with van der Waals surface area (Å²) in [6.45, 7) is 2.40. The van der Waals surface area contributed by atoms with Gasteiger partial charge in [0.25, 0.3) is 0 Å². The molecule has 10 heteroatoms. The van der Waals surface area contributed by atoms with E-state index in [9.17, 15) is 18.5 Å². The predicted octanol–water partition coefficient (Wildman–Crippen LogP) is 1.85. The maximum Gasteiger partial charge on any atom is 0.310 e. The molecule has 9 nitrogen and oxygen atoms in total. The van der Waals surface area contributed by atoms with Crippen LogP contribution in [-0.4, -0.2) is 61.9 Å². The van der Waals surface area contributed by atoms with Gasteiger partial charge in [-0.3, -0.25) is 15.0 Å². The highest BCUT2D eigenvalue weighted by molar-refractivity contribution is 7.89. The highest BCUT2D eigenvalue weighted by Crippen LogP contribution is 2.26. The van der Waals surface area contributed by atoms with E-state index < -0.39 is 14.9 Å². The van der Waals surface area contributed by atoms with Crippen LogP contribution in [0.5, 0.6) is 5.75 Å². The second-order valence-corrected chi connectivity index (χ2v) is 8.33. The first kappa shape index (κ1) is 20.7. The van der Waals surface area contributed by atoms with Gasteiger partial charge in [-0.15, -0.1) is 0 Å². The number of nitrogens with zero attached hydrogens (tertiary/aromatic N) is 4. The first-order valence-electron chi connectivity index (χ1n) is 9.01. The highest BCUT2D eigenvalue weighted by atomic mass is 32.2. The summed E-state index contributed by atoms with van der Waals surface area (Å²) < 4.78 is 32.6. The average Bonchev–Trinajstić information content (AvgIpc) is 2.74. The summed E-state index contributed by atoms with van der Waals surface area (Å²) in [5, 5.41) is 20.2. The van der Waals surface area contributed by atoms with E-state index in [0.717, 1.165) is 0 Å².